The molecule has 0 fully saturated rings. The SMILES string of the molecule is CCCOc1ccc2nc(NC(=O)c3ccccc3Br)sc2c1. The summed E-state index contributed by atoms with van der Waals surface area (Å²) < 4.78 is 7.37. The molecule has 1 heterocycles. The van der Waals surface area contributed by atoms with Crippen LogP contribution >= 0.6 is 27.3 Å². The smallest absolute Gasteiger partial charge is 0.258 e. The number of fused-ring (bicyclic) bond motifs is 1. The summed E-state index contributed by atoms with van der Waals surface area (Å²) in [6, 6.07) is 13.1. The van der Waals surface area contributed by atoms with Crippen LogP contribution in [0.25, 0.3) is 10.2 Å². The molecule has 0 bridgehead atoms. The second kappa shape index (κ2) is 7.10. The average Bonchev–Trinajstić information content (AvgIpc) is 2.94. The lowest BCUT2D eigenvalue weighted by molar-refractivity contribution is 0.102. The van der Waals surface area contributed by atoms with Crippen LogP contribution in [-0.2, 0) is 0 Å². The topological polar surface area (TPSA) is 51.2 Å². The molecule has 0 saturated carbocycles. The fourth-order valence-electron chi connectivity index (χ4n) is 2.08. The Morgan fingerprint density at radius 3 is 2.91 bits per heavy atom. The molecular formula is C17H15BrN2O2S. The summed E-state index contributed by atoms with van der Waals surface area (Å²) in [7, 11) is 0. The number of nitrogens with zero attached hydrogens (tertiary/aromatic N) is 1. The van der Waals surface area contributed by atoms with Crippen molar-refractivity contribution in [2.24, 2.45) is 0 Å². The lowest BCUT2D eigenvalue weighted by Gasteiger charge is -2.03. The first-order valence-electron chi connectivity index (χ1n) is 7.26. The highest BCUT2D eigenvalue weighted by molar-refractivity contribution is 9.10. The Labute approximate surface area is 146 Å². The highest BCUT2D eigenvalue weighted by Crippen LogP contribution is 2.30. The zero-order chi connectivity index (χ0) is 16.2. The van der Waals surface area contributed by atoms with Gasteiger partial charge in [-0.1, -0.05) is 30.4 Å². The van der Waals surface area contributed by atoms with E-state index in [4.69, 9.17) is 4.74 Å². The molecule has 0 aliphatic carbocycles. The Hall–Kier alpha value is -1.92. The molecule has 0 spiro atoms. The van der Waals surface area contributed by atoms with Crippen LogP contribution in [0.4, 0.5) is 5.13 Å². The molecular weight excluding hydrogens is 376 g/mol. The van der Waals surface area contributed by atoms with Crippen LogP contribution in [0.1, 0.15) is 23.7 Å². The van der Waals surface area contributed by atoms with Gasteiger partial charge in [0.2, 0.25) is 0 Å². The van der Waals surface area contributed by atoms with Gasteiger partial charge >= 0.3 is 0 Å². The summed E-state index contributed by atoms with van der Waals surface area (Å²) >= 11 is 4.82. The van der Waals surface area contributed by atoms with E-state index in [9.17, 15) is 4.79 Å². The summed E-state index contributed by atoms with van der Waals surface area (Å²) in [6.07, 6.45) is 0.966. The van der Waals surface area contributed by atoms with Crippen molar-refractivity contribution >= 4 is 48.5 Å². The molecule has 6 heteroatoms. The Bertz CT molecular complexity index is 847. The minimum atomic E-state index is -0.181. The van der Waals surface area contributed by atoms with E-state index in [1.54, 1.807) is 6.07 Å². The normalized spacial score (nSPS) is 10.7. The third-order valence-corrected chi connectivity index (χ3v) is 4.80. The molecule has 0 atom stereocenters. The Balaban J connectivity index is 1.80. The van der Waals surface area contributed by atoms with Crippen LogP contribution in [-0.4, -0.2) is 17.5 Å². The van der Waals surface area contributed by atoms with Gasteiger partial charge in [-0.2, -0.15) is 0 Å². The second-order valence-corrected chi connectivity index (χ2v) is 6.82. The summed E-state index contributed by atoms with van der Waals surface area (Å²) in [5, 5.41) is 3.43. The van der Waals surface area contributed by atoms with Crippen molar-refractivity contribution in [3.8, 4) is 5.75 Å². The number of halogens is 1. The van der Waals surface area contributed by atoms with Gasteiger partial charge in [0, 0.05) is 4.47 Å². The predicted octanol–water partition coefficient (Wildman–Crippen LogP) is 5.10. The maximum Gasteiger partial charge on any atom is 0.258 e. The predicted molar refractivity (Wildman–Crippen MR) is 97.5 cm³/mol. The van der Waals surface area contributed by atoms with Gasteiger partial charge in [0.25, 0.3) is 5.91 Å². The lowest BCUT2D eigenvalue weighted by Crippen LogP contribution is -2.12. The minimum absolute atomic E-state index is 0.181. The molecule has 0 aliphatic rings. The van der Waals surface area contributed by atoms with E-state index in [1.807, 2.05) is 36.4 Å². The van der Waals surface area contributed by atoms with Crippen LogP contribution in [0.15, 0.2) is 46.9 Å². The molecule has 1 aromatic heterocycles. The number of ether oxygens (including phenoxy) is 1. The number of carbonyl (C=O) groups is 1. The number of hydrogen-bond donors (Lipinski definition) is 1. The van der Waals surface area contributed by atoms with Crippen molar-refractivity contribution in [3.63, 3.8) is 0 Å². The zero-order valence-electron chi connectivity index (χ0n) is 12.5. The number of thiazole rings is 1. The lowest BCUT2D eigenvalue weighted by atomic mass is 10.2. The van der Waals surface area contributed by atoms with E-state index in [2.05, 4.69) is 33.2 Å². The molecule has 0 unspecified atom stereocenters. The largest absolute Gasteiger partial charge is 0.494 e. The number of amides is 1. The van der Waals surface area contributed by atoms with Gasteiger partial charge in [-0.05, 0) is 52.7 Å². The van der Waals surface area contributed by atoms with Crippen LogP contribution in [0.5, 0.6) is 5.75 Å². The third-order valence-electron chi connectivity index (χ3n) is 3.17. The first kappa shape index (κ1) is 16.0. The van der Waals surface area contributed by atoms with Crippen LogP contribution in [0, 0.1) is 0 Å². The summed E-state index contributed by atoms with van der Waals surface area (Å²) in [5.41, 5.74) is 1.43. The number of nitrogens with one attached hydrogen (secondary N) is 1. The van der Waals surface area contributed by atoms with Crippen LogP contribution in [0.2, 0.25) is 0 Å². The van der Waals surface area contributed by atoms with Crippen molar-refractivity contribution in [2.75, 3.05) is 11.9 Å². The average molecular weight is 391 g/mol. The fraction of sp³-hybridized carbons (Fsp3) is 0.176. The maximum absolute atomic E-state index is 12.3. The highest BCUT2D eigenvalue weighted by atomic mass is 79.9. The second-order valence-electron chi connectivity index (χ2n) is 4.93. The van der Waals surface area contributed by atoms with Crippen molar-refractivity contribution in [1.29, 1.82) is 0 Å². The van der Waals surface area contributed by atoms with Gasteiger partial charge in [-0.25, -0.2) is 4.98 Å². The molecule has 0 aliphatic heterocycles. The molecule has 1 amide bonds. The van der Waals surface area contributed by atoms with E-state index < -0.39 is 0 Å². The van der Waals surface area contributed by atoms with E-state index in [0.717, 1.165) is 26.9 Å². The number of aromatic nitrogens is 1. The monoisotopic (exact) mass is 390 g/mol. The summed E-state index contributed by atoms with van der Waals surface area (Å²) in [6.45, 7) is 2.76. The Morgan fingerprint density at radius 2 is 2.13 bits per heavy atom. The Morgan fingerprint density at radius 1 is 1.30 bits per heavy atom. The Kier molecular flexibility index (Phi) is 4.93. The van der Waals surface area contributed by atoms with E-state index in [1.165, 1.54) is 11.3 Å². The van der Waals surface area contributed by atoms with Crippen molar-refractivity contribution in [2.45, 2.75) is 13.3 Å². The van der Waals surface area contributed by atoms with E-state index in [-0.39, 0.29) is 5.91 Å². The van der Waals surface area contributed by atoms with Gasteiger partial charge in [0.15, 0.2) is 5.13 Å². The standard InChI is InChI=1S/C17H15BrN2O2S/c1-2-9-22-11-7-8-14-15(10-11)23-17(19-14)20-16(21)12-5-3-4-6-13(12)18/h3-8,10H,2,9H2,1H3,(H,19,20,21). The summed E-state index contributed by atoms with van der Waals surface area (Å²) in [5.74, 6) is 0.644. The minimum Gasteiger partial charge on any atom is -0.494 e. The fourth-order valence-corrected chi connectivity index (χ4v) is 3.43. The van der Waals surface area contributed by atoms with Crippen molar-refractivity contribution < 1.29 is 9.53 Å². The first-order chi connectivity index (χ1) is 11.2. The quantitative estimate of drug-likeness (QED) is 0.658. The molecule has 0 saturated heterocycles. The molecule has 2 aromatic carbocycles. The van der Waals surface area contributed by atoms with Crippen molar-refractivity contribution in [3.05, 3.63) is 52.5 Å². The van der Waals surface area contributed by atoms with E-state index >= 15 is 0 Å². The number of rotatable bonds is 5. The first-order valence-corrected chi connectivity index (χ1v) is 8.87. The molecule has 3 aromatic rings. The number of carbonyl (C=O) groups excluding carboxylic acids is 1. The highest BCUT2D eigenvalue weighted by Gasteiger charge is 2.12. The molecule has 118 valence electrons. The van der Waals surface area contributed by atoms with Gasteiger partial charge in [0.1, 0.15) is 5.75 Å². The van der Waals surface area contributed by atoms with E-state index in [0.29, 0.717) is 17.3 Å². The van der Waals surface area contributed by atoms with Crippen molar-refractivity contribution in [1.82, 2.24) is 4.98 Å². The molecule has 3 rings (SSSR count). The van der Waals surface area contributed by atoms with Gasteiger partial charge in [-0.15, -0.1) is 0 Å². The van der Waals surface area contributed by atoms with Gasteiger partial charge in [0.05, 0.1) is 22.4 Å². The third kappa shape index (κ3) is 3.71. The molecule has 23 heavy (non-hydrogen) atoms. The number of hydrogen-bond acceptors (Lipinski definition) is 4. The van der Waals surface area contributed by atoms with Crippen LogP contribution in [0.3, 0.4) is 0 Å². The molecule has 0 radical (unpaired) electrons. The zero-order valence-corrected chi connectivity index (χ0v) is 14.9. The molecule has 4 nitrogen and oxygen atoms in total. The maximum atomic E-state index is 12.3. The summed E-state index contributed by atoms with van der Waals surface area (Å²) in [4.78, 5) is 16.8. The number of anilines is 1. The molecule has 1 N–H and O–H groups in total. The number of benzene rings is 2. The van der Waals surface area contributed by atoms with Crippen LogP contribution < -0.4 is 10.1 Å². The van der Waals surface area contributed by atoms with Gasteiger partial charge < -0.3 is 4.74 Å². The van der Waals surface area contributed by atoms with Gasteiger partial charge in [-0.3, -0.25) is 10.1 Å².